The molecule has 4 heteroatoms. The number of hydrogen-bond donors (Lipinski definition) is 1. The van der Waals surface area contributed by atoms with Crippen molar-refractivity contribution in [2.75, 3.05) is 19.8 Å². The minimum absolute atomic E-state index is 0.0112. The van der Waals surface area contributed by atoms with Crippen molar-refractivity contribution in [2.45, 2.75) is 32.4 Å². The predicted molar refractivity (Wildman–Crippen MR) is 67.0 cm³/mol. The van der Waals surface area contributed by atoms with Gasteiger partial charge in [-0.1, -0.05) is 0 Å². The van der Waals surface area contributed by atoms with E-state index >= 15 is 0 Å². The van der Waals surface area contributed by atoms with E-state index in [4.69, 9.17) is 14.6 Å². The molecule has 2 rings (SSSR count). The first kappa shape index (κ1) is 13.1. The Morgan fingerprint density at radius 3 is 2.39 bits per heavy atom. The van der Waals surface area contributed by atoms with Crippen LogP contribution in [0.25, 0.3) is 0 Å². The third kappa shape index (κ3) is 2.75. The SMILES string of the molecule is CC(C)(F)c1cc2c(cc1CCO)OCCCO2. The lowest BCUT2D eigenvalue weighted by molar-refractivity contribution is 0.216. The van der Waals surface area contributed by atoms with Gasteiger partial charge in [-0.15, -0.1) is 0 Å². The molecule has 0 bridgehead atoms. The molecule has 0 atom stereocenters. The number of ether oxygens (including phenoxy) is 2. The minimum Gasteiger partial charge on any atom is -0.490 e. The molecule has 0 saturated carbocycles. The van der Waals surface area contributed by atoms with Crippen LogP contribution in [0.5, 0.6) is 11.5 Å². The number of hydrogen-bond acceptors (Lipinski definition) is 3. The zero-order valence-corrected chi connectivity index (χ0v) is 10.8. The highest BCUT2D eigenvalue weighted by Gasteiger charge is 2.25. The molecule has 0 aromatic heterocycles. The van der Waals surface area contributed by atoms with Gasteiger partial charge < -0.3 is 14.6 Å². The standard InChI is InChI=1S/C14H19FO3/c1-14(2,15)11-9-13-12(8-10(11)4-5-16)17-6-3-7-18-13/h8-9,16H,3-7H2,1-2H3. The highest BCUT2D eigenvalue weighted by Crippen LogP contribution is 2.38. The summed E-state index contributed by atoms with van der Waals surface area (Å²) in [5.41, 5.74) is -0.134. The van der Waals surface area contributed by atoms with E-state index in [0.29, 0.717) is 36.7 Å². The van der Waals surface area contributed by atoms with E-state index in [1.165, 1.54) is 13.8 Å². The van der Waals surface area contributed by atoms with Crippen molar-refractivity contribution in [1.29, 1.82) is 0 Å². The number of rotatable bonds is 3. The molecule has 1 aliphatic heterocycles. The topological polar surface area (TPSA) is 38.7 Å². The molecular formula is C14H19FO3. The first-order chi connectivity index (χ1) is 8.52. The monoisotopic (exact) mass is 254 g/mol. The summed E-state index contributed by atoms with van der Waals surface area (Å²) >= 11 is 0. The second-order valence-electron chi connectivity index (χ2n) is 4.95. The molecule has 1 heterocycles. The molecule has 1 aliphatic rings. The molecule has 18 heavy (non-hydrogen) atoms. The van der Waals surface area contributed by atoms with Crippen LogP contribution in [0.4, 0.5) is 4.39 Å². The minimum atomic E-state index is -1.46. The quantitative estimate of drug-likeness (QED) is 0.901. The smallest absolute Gasteiger partial charge is 0.161 e. The predicted octanol–water partition coefficient (Wildman–Crippen LogP) is 2.59. The van der Waals surface area contributed by atoms with Crippen LogP contribution in [-0.2, 0) is 12.1 Å². The Kier molecular flexibility index (Phi) is 3.76. The van der Waals surface area contributed by atoms with Gasteiger partial charge in [0.2, 0.25) is 0 Å². The van der Waals surface area contributed by atoms with E-state index in [1.54, 1.807) is 12.1 Å². The van der Waals surface area contributed by atoms with Crippen molar-refractivity contribution in [1.82, 2.24) is 0 Å². The highest BCUT2D eigenvalue weighted by atomic mass is 19.1. The Hall–Kier alpha value is -1.29. The Balaban J connectivity index is 2.47. The molecule has 0 amide bonds. The van der Waals surface area contributed by atoms with Crippen LogP contribution in [0.3, 0.4) is 0 Å². The molecule has 0 radical (unpaired) electrons. The lowest BCUT2D eigenvalue weighted by Gasteiger charge is -2.21. The van der Waals surface area contributed by atoms with Crippen LogP contribution < -0.4 is 9.47 Å². The average molecular weight is 254 g/mol. The fourth-order valence-electron chi connectivity index (χ4n) is 2.13. The summed E-state index contributed by atoms with van der Waals surface area (Å²) < 4.78 is 25.3. The van der Waals surface area contributed by atoms with Gasteiger partial charge in [0.1, 0.15) is 5.67 Å². The number of aliphatic hydroxyl groups is 1. The van der Waals surface area contributed by atoms with Crippen molar-refractivity contribution < 1.29 is 19.0 Å². The van der Waals surface area contributed by atoms with Gasteiger partial charge in [-0.05, 0) is 43.5 Å². The maximum absolute atomic E-state index is 14.2. The second-order valence-corrected chi connectivity index (χ2v) is 4.95. The normalized spacial score (nSPS) is 15.3. The average Bonchev–Trinajstić information content (AvgIpc) is 2.51. The van der Waals surface area contributed by atoms with Crippen LogP contribution in [0.15, 0.2) is 12.1 Å². The number of fused-ring (bicyclic) bond motifs is 1. The molecule has 0 aliphatic carbocycles. The van der Waals surface area contributed by atoms with E-state index in [0.717, 1.165) is 12.0 Å². The van der Waals surface area contributed by atoms with E-state index in [9.17, 15) is 4.39 Å². The molecule has 100 valence electrons. The number of halogens is 1. The Morgan fingerprint density at radius 2 is 1.83 bits per heavy atom. The fraction of sp³-hybridized carbons (Fsp3) is 0.571. The molecule has 1 aromatic rings. The zero-order valence-electron chi connectivity index (χ0n) is 10.8. The van der Waals surface area contributed by atoms with Crippen LogP contribution in [0, 0.1) is 0 Å². The van der Waals surface area contributed by atoms with Gasteiger partial charge in [0.05, 0.1) is 13.2 Å². The lowest BCUT2D eigenvalue weighted by atomic mass is 9.92. The van der Waals surface area contributed by atoms with Gasteiger partial charge in [0.25, 0.3) is 0 Å². The third-order valence-electron chi connectivity index (χ3n) is 2.99. The van der Waals surface area contributed by atoms with Gasteiger partial charge in [-0.3, -0.25) is 0 Å². The number of alkyl halides is 1. The summed E-state index contributed by atoms with van der Waals surface area (Å²) in [4.78, 5) is 0. The Bertz CT molecular complexity index is 424. The van der Waals surface area contributed by atoms with Crippen LogP contribution in [0.1, 0.15) is 31.4 Å². The van der Waals surface area contributed by atoms with Gasteiger partial charge in [0.15, 0.2) is 11.5 Å². The maximum Gasteiger partial charge on any atom is 0.161 e. The number of aliphatic hydroxyl groups excluding tert-OH is 1. The van der Waals surface area contributed by atoms with Crippen LogP contribution in [0.2, 0.25) is 0 Å². The van der Waals surface area contributed by atoms with Crippen molar-refractivity contribution in [3.63, 3.8) is 0 Å². The van der Waals surface area contributed by atoms with E-state index in [2.05, 4.69) is 0 Å². The maximum atomic E-state index is 14.2. The van der Waals surface area contributed by atoms with E-state index in [-0.39, 0.29) is 6.61 Å². The van der Waals surface area contributed by atoms with Crippen molar-refractivity contribution >= 4 is 0 Å². The number of benzene rings is 1. The van der Waals surface area contributed by atoms with Crippen molar-refractivity contribution in [2.24, 2.45) is 0 Å². The molecular weight excluding hydrogens is 235 g/mol. The second kappa shape index (κ2) is 5.14. The van der Waals surface area contributed by atoms with Crippen molar-refractivity contribution in [3.8, 4) is 11.5 Å². The van der Waals surface area contributed by atoms with Gasteiger partial charge >= 0.3 is 0 Å². The van der Waals surface area contributed by atoms with E-state index < -0.39 is 5.67 Å². The zero-order chi connectivity index (χ0) is 13.2. The van der Waals surface area contributed by atoms with Gasteiger partial charge in [0, 0.05) is 13.0 Å². The molecule has 1 aromatic carbocycles. The van der Waals surface area contributed by atoms with E-state index in [1.807, 2.05) is 0 Å². The Morgan fingerprint density at radius 1 is 1.22 bits per heavy atom. The molecule has 0 spiro atoms. The first-order valence-electron chi connectivity index (χ1n) is 6.25. The highest BCUT2D eigenvalue weighted by molar-refractivity contribution is 5.49. The Labute approximate surface area is 107 Å². The summed E-state index contributed by atoms with van der Waals surface area (Å²) in [6.07, 6.45) is 1.23. The van der Waals surface area contributed by atoms with Crippen LogP contribution >= 0.6 is 0 Å². The molecule has 0 unspecified atom stereocenters. The van der Waals surface area contributed by atoms with Gasteiger partial charge in [-0.25, -0.2) is 4.39 Å². The largest absolute Gasteiger partial charge is 0.490 e. The summed E-state index contributed by atoms with van der Waals surface area (Å²) in [6, 6.07) is 3.49. The fourth-order valence-corrected chi connectivity index (χ4v) is 2.13. The first-order valence-corrected chi connectivity index (χ1v) is 6.25. The lowest BCUT2D eigenvalue weighted by Crippen LogP contribution is -2.14. The summed E-state index contributed by atoms with van der Waals surface area (Å²) in [7, 11) is 0. The summed E-state index contributed by atoms with van der Waals surface area (Å²) in [5, 5.41) is 9.07. The summed E-state index contributed by atoms with van der Waals surface area (Å²) in [6.45, 7) is 4.19. The third-order valence-corrected chi connectivity index (χ3v) is 2.99. The van der Waals surface area contributed by atoms with Gasteiger partial charge in [-0.2, -0.15) is 0 Å². The molecule has 0 fully saturated rings. The molecule has 0 saturated heterocycles. The summed E-state index contributed by atoms with van der Waals surface area (Å²) in [5.74, 6) is 1.24. The molecule has 3 nitrogen and oxygen atoms in total. The molecule has 1 N–H and O–H groups in total. The van der Waals surface area contributed by atoms with Crippen molar-refractivity contribution in [3.05, 3.63) is 23.3 Å². The van der Waals surface area contributed by atoms with Crippen LogP contribution in [-0.4, -0.2) is 24.9 Å².